The zero-order valence-corrected chi connectivity index (χ0v) is 15.8. The van der Waals surface area contributed by atoms with Crippen molar-refractivity contribution in [3.05, 3.63) is 82.5 Å². The second kappa shape index (κ2) is 8.46. The van der Waals surface area contributed by atoms with Crippen molar-refractivity contribution < 1.29 is 14.3 Å². The van der Waals surface area contributed by atoms with Crippen LogP contribution in [0.25, 0.3) is 0 Å². The molecule has 0 saturated heterocycles. The van der Waals surface area contributed by atoms with Crippen molar-refractivity contribution in [2.24, 2.45) is 5.73 Å². The molecule has 0 spiro atoms. The van der Waals surface area contributed by atoms with Crippen LogP contribution in [0.2, 0.25) is 0 Å². The van der Waals surface area contributed by atoms with Crippen LogP contribution in [0.4, 0.5) is 5.69 Å². The number of carbonyl (C=O) groups is 2. The van der Waals surface area contributed by atoms with Crippen molar-refractivity contribution in [2.45, 2.75) is 6.42 Å². The molecular formula is C20H16BrN3O3. The maximum atomic E-state index is 12.1. The van der Waals surface area contributed by atoms with E-state index in [0.717, 1.165) is 10.0 Å². The molecule has 0 aliphatic heterocycles. The fourth-order valence-electron chi connectivity index (χ4n) is 2.39. The molecule has 3 rings (SSSR count). The van der Waals surface area contributed by atoms with Gasteiger partial charge in [0.2, 0.25) is 17.7 Å². The summed E-state index contributed by atoms with van der Waals surface area (Å²) in [5.74, 6) is 0.112. The number of aromatic nitrogens is 1. The third-order valence-electron chi connectivity index (χ3n) is 3.61. The first-order valence-corrected chi connectivity index (χ1v) is 8.87. The normalized spacial score (nSPS) is 10.3. The summed E-state index contributed by atoms with van der Waals surface area (Å²) in [7, 11) is 0. The number of hydrogen-bond donors (Lipinski definition) is 2. The van der Waals surface area contributed by atoms with Gasteiger partial charge >= 0.3 is 0 Å². The molecule has 3 N–H and O–H groups in total. The average molecular weight is 426 g/mol. The van der Waals surface area contributed by atoms with Gasteiger partial charge in [-0.25, -0.2) is 4.98 Å². The van der Waals surface area contributed by atoms with Crippen molar-refractivity contribution >= 4 is 33.4 Å². The second-order valence-electron chi connectivity index (χ2n) is 5.73. The van der Waals surface area contributed by atoms with Gasteiger partial charge in [-0.3, -0.25) is 9.59 Å². The van der Waals surface area contributed by atoms with Gasteiger partial charge in [-0.15, -0.1) is 0 Å². The van der Waals surface area contributed by atoms with E-state index in [4.69, 9.17) is 10.5 Å². The number of anilines is 1. The summed E-state index contributed by atoms with van der Waals surface area (Å²) < 4.78 is 6.53. The van der Waals surface area contributed by atoms with E-state index in [-0.39, 0.29) is 12.3 Å². The molecule has 0 unspecified atom stereocenters. The molecule has 1 aromatic heterocycles. The highest BCUT2D eigenvalue weighted by atomic mass is 79.9. The fraction of sp³-hybridized carbons (Fsp3) is 0.0500. The molecule has 136 valence electrons. The maximum absolute atomic E-state index is 12.1. The van der Waals surface area contributed by atoms with Gasteiger partial charge in [0.1, 0.15) is 5.75 Å². The standard InChI is InChI=1S/C20H16BrN3O3/c21-15-5-1-3-13(9-15)10-18(25)24-16-7-8-19(23-12-16)27-17-6-2-4-14(11-17)20(22)26/h1-9,11-12H,10H2,(H2,22,26)(H,24,25). The molecule has 2 aromatic carbocycles. The zero-order valence-electron chi connectivity index (χ0n) is 14.2. The van der Waals surface area contributed by atoms with Crippen LogP contribution in [0.3, 0.4) is 0 Å². The van der Waals surface area contributed by atoms with Gasteiger partial charge in [0.15, 0.2) is 0 Å². The van der Waals surface area contributed by atoms with Crippen LogP contribution in [0.5, 0.6) is 11.6 Å². The second-order valence-corrected chi connectivity index (χ2v) is 6.65. The number of rotatable bonds is 6. The van der Waals surface area contributed by atoms with Crippen LogP contribution in [-0.4, -0.2) is 16.8 Å². The Balaban J connectivity index is 1.61. The number of hydrogen-bond acceptors (Lipinski definition) is 4. The van der Waals surface area contributed by atoms with Crippen LogP contribution in [0, 0.1) is 0 Å². The van der Waals surface area contributed by atoms with Crippen LogP contribution >= 0.6 is 15.9 Å². The third kappa shape index (κ3) is 5.39. The first-order chi connectivity index (χ1) is 13.0. The molecule has 0 aliphatic rings. The molecule has 3 aromatic rings. The molecule has 0 fully saturated rings. The van der Waals surface area contributed by atoms with Gasteiger partial charge in [-0.1, -0.05) is 34.1 Å². The van der Waals surface area contributed by atoms with Gasteiger partial charge < -0.3 is 15.8 Å². The smallest absolute Gasteiger partial charge is 0.248 e. The van der Waals surface area contributed by atoms with Gasteiger partial charge in [-0.2, -0.15) is 0 Å². The van der Waals surface area contributed by atoms with E-state index in [2.05, 4.69) is 26.2 Å². The number of primary amides is 1. The number of nitrogens with one attached hydrogen (secondary N) is 1. The van der Waals surface area contributed by atoms with Gasteiger partial charge in [0, 0.05) is 16.1 Å². The molecule has 0 aliphatic carbocycles. The van der Waals surface area contributed by atoms with E-state index >= 15 is 0 Å². The summed E-state index contributed by atoms with van der Waals surface area (Å²) in [5.41, 5.74) is 7.07. The lowest BCUT2D eigenvalue weighted by atomic mass is 10.1. The minimum atomic E-state index is -0.531. The Morgan fingerprint density at radius 2 is 1.89 bits per heavy atom. The largest absolute Gasteiger partial charge is 0.439 e. The molecule has 0 bridgehead atoms. The van der Waals surface area contributed by atoms with Gasteiger partial charge in [-0.05, 0) is 42.0 Å². The number of halogens is 1. The Bertz CT molecular complexity index is 974. The van der Waals surface area contributed by atoms with Crippen molar-refractivity contribution in [2.75, 3.05) is 5.32 Å². The van der Waals surface area contributed by atoms with E-state index in [1.54, 1.807) is 30.3 Å². The molecule has 0 radical (unpaired) electrons. The number of nitrogens with zero attached hydrogens (tertiary/aromatic N) is 1. The predicted octanol–water partition coefficient (Wildman–Crippen LogP) is 3.92. The minimum absolute atomic E-state index is 0.141. The maximum Gasteiger partial charge on any atom is 0.248 e. The highest BCUT2D eigenvalue weighted by Crippen LogP contribution is 2.21. The summed E-state index contributed by atoms with van der Waals surface area (Å²) in [6, 6.07) is 17.4. The van der Waals surface area contributed by atoms with E-state index < -0.39 is 5.91 Å². The number of pyridine rings is 1. The minimum Gasteiger partial charge on any atom is -0.439 e. The number of nitrogens with two attached hydrogens (primary N) is 1. The molecule has 6 nitrogen and oxygen atoms in total. The highest BCUT2D eigenvalue weighted by molar-refractivity contribution is 9.10. The lowest BCUT2D eigenvalue weighted by molar-refractivity contribution is -0.115. The lowest BCUT2D eigenvalue weighted by Gasteiger charge is -2.08. The van der Waals surface area contributed by atoms with Crippen molar-refractivity contribution in [3.63, 3.8) is 0 Å². The lowest BCUT2D eigenvalue weighted by Crippen LogP contribution is -2.14. The SMILES string of the molecule is NC(=O)c1cccc(Oc2ccc(NC(=O)Cc3cccc(Br)c3)cn2)c1. The fourth-order valence-corrected chi connectivity index (χ4v) is 2.83. The van der Waals surface area contributed by atoms with Gasteiger partial charge in [0.05, 0.1) is 18.3 Å². The number of carbonyl (C=O) groups excluding carboxylic acids is 2. The Labute approximate surface area is 164 Å². The Morgan fingerprint density at radius 3 is 2.59 bits per heavy atom. The average Bonchev–Trinajstić information content (AvgIpc) is 2.63. The Kier molecular flexibility index (Phi) is 5.83. The van der Waals surface area contributed by atoms with Crippen molar-refractivity contribution in [1.29, 1.82) is 0 Å². The molecule has 0 atom stereocenters. The van der Waals surface area contributed by atoms with Crippen LogP contribution in [-0.2, 0) is 11.2 Å². The number of amides is 2. The summed E-state index contributed by atoms with van der Waals surface area (Å²) in [6.07, 6.45) is 1.77. The molecule has 2 amide bonds. The van der Waals surface area contributed by atoms with Crippen LogP contribution in [0.1, 0.15) is 15.9 Å². The topological polar surface area (TPSA) is 94.3 Å². The number of benzene rings is 2. The molecule has 0 saturated carbocycles. The summed E-state index contributed by atoms with van der Waals surface area (Å²) in [6.45, 7) is 0. The Hall–Kier alpha value is -3.19. The monoisotopic (exact) mass is 425 g/mol. The molecule has 27 heavy (non-hydrogen) atoms. The highest BCUT2D eigenvalue weighted by Gasteiger charge is 2.07. The van der Waals surface area contributed by atoms with E-state index in [1.165, 1.54) is 12.3 Å². The van der Waals surface area contributed by atoms with E-state index in [0.29, 0.717) is 22.9 Å². The Morgan fingerprint density at radius 1 is 1.07 bits per heavy atom. The summed E-state index contributed by atoms with van der Waals surface area (Å²) in [5, 5.41) is 2.79. The number of ether oxygens (including phenoxy) is 1. The van der Waals surface area contributed by atoms with Gasteiger partial charge in [0.25, 0.3) is 0 Å². The molecule has 1 heterocycles. The van der Waals surface area contributed by atoms with E-state index in [1.807, 2.05) is 24.3 Å². The van der Waals surface area contributed by atoms with Crippen molar-refractivity contribution in [3.8, 4) is 11.6 Å². The summed E-state index contributed by atoms with van der Waals surface area (Å²) >= 11 is 3.39. The third-order valence-corrected chi connectivity index (χ3v) is 4.11. The van der Waals surface area contributed by atoms with Crippen molar-refractivity contribution in [1.82, 2.24) is 4.98 Å². The summed E-state index contributed by atoms with van der Waals surface area (Å²) in [4.78, 5) is 27.5. The predicted molar refractivity (Wildman–Crippen MR) is 106 cm³/mol. The van der Waals surface area contributed by atoms with Crippen LogP contribution < -0.4 is 15.8 Å². The zero-order chi connectivity index (χ0) is 19.2. The van der Waals surface area contributed by atoms with E-state index in [9.17, 15) is 9.59 Å². The first kappa shape index (κ1) is 18.6. The molecular weight excluding hydrogens is 410 g/mol. The quantitative estimate of drug-likeness (QED) is 0.625. The van der Waals surface area contributed by atoms with Crippen LogP contribution in [0.15, 0.2) is 71.3 Å². The molecule has 7 heteroatoms. The first-order valence-electron chi connectivity index (χ1n) is 8.08.